The molecule has 0 aromatic heterocycles. The largest absolute Gasteiger partial charge is 0.464 e. The number of carbonyl (C=O) groups is 2. The lowest BCUT2D eigenvalue weighted by Crippen LogP contribution is -2.43. The second kappa shape index (κ2) is 6.61. The van der Waals surface area contributed by atoms with Gasteiger partial charge in [0.15, 0.2) is 0 Å². The summed E-state index contributed by atoms with van der Waals surface area (Å²) >= 11 is 6.00. The quantitative estimate of drug-likeness (QED) is 0.873. The zero-order valence-corrected chi connectivity index (χ0v) is 12.0. The Morgan fingerprint density at radius 2 is 2.20 bits per heavy atom. The number of urea groups is 1. The molecule has 108 valence electrons. The highest BCUT2D eigenvalue weighted by molar-refractivity contribution is 6.33. The number of para-hydroxylation sites is 1. The fourth-order valence-corrected chi connectivity index (χ4v) is 2.43. The molecular weight excluding hydrogens is 280 g/mol. The molecule has 1 aromatic carbocycles. The van der Waals surface area contributed by atoms with Crippen molar-refractivity contribution in [2.75, 3.05) is 18.5 Å². The topological polar surface area (TPSA) is 58.6 Å². The van der Waals surface area contributed by atoms with Crippen molar-refractivity contribution < 1.29 is 14.3 Å². The summed E-state index contributed by atoms with van der Waals surface area (Å²) in [6.07, 6.45) is 1.42. The third-order valence-electron chi connectivity index (χ3n) is 3.19. The summed E-state index contributed by atoms with van der Waals surface area (Å²) in [4.78, 5) is 25.5. The molecule has 1 atom stereocenters. The minimum Gasteiger partial charge on any atom is -0.464 e. The van der Waals surface area contributed by atoms with Gasteiger partial charge in [-0.1, -0.05) is 23.7 Å². The molecule has 2 amide bonds. The lowest BCUT2D eigenvalue weighted by atomic mass is 10.2. The number of amides is 2. The number of likely N-dealkylation sites (tertiary alicyclic amines) is 1. The first-order chi connectivity index (χ1) is 9.63. The summed E-state index contributed by atoms with van der Waals surface area (Å²) in [6.45, 7) is 2.61. The maximum absolute atomic E-state index is 12.2. The van der Waals surface area contributed by atoms with Crippen LogP contribution in [-0.2, 0) is 9.53 Å². The zero-order valence-electron chi connectivity index (χ0n) is 11.3. The first-order valence-electron chi connectivity index (χ1n) is 6.62. The Morgan fingerprint density at radius 1 is 1.45 bits per heavy atom. The third kappa shape index (κ3) is 3.22. The van der Waals surface area contributed by atoms with E-state index < -0.39 is 6.04 Å². The van der Waals surface area contributed by atoms with Gasteiger partial charge in [0.1, 0.15) is 6.04 Å². The van der Waals surface area contributed by atoms with Crippen molar-refractivity contribution >= 4 is 29.3 Å². The first-order valence-corrected chi connectivity index (χ1v) is 7.00. The average Bonchev–Trinajstić information content (AvgIpc) is 2.91. The maximum Gasteiger partial charge on any atom is 0.328 e. The molecule has 20 heavy (non-hydrogen) atoms. The van der Waals surface area contributed by atoms with Crippen LogP contribution in [0.4, 0.5) is 10.5 Å². The smallest absolute Gasteiger partial charge is 0.328 e. The van der Waals surface area contributed by atoms with Crippen LogP contribution < -0.4 is 5.32 Å². The molecule has 0 spiro atoms. The second-order valence-electron chi connectivity index (χ2n) is 4.51. The van der Waals surface area contributed by atoms with E-state index in [2.05, 4.69) is 5.32 Å². The summed E-state index contributed by atoms with van der Waals surface area (Å²) < 4.78 is 4.99. The number of nitrogens with zero attached hydrogens (tertiary/aromatic N) is 1. The van der Waals surface area contributed by atoms with E-state index in [-0.39, 0.29) is 12.0 Å². The molecule has 6 heteroatoms. The lowest BCUT2D eigenvalue weighted by Gasteiger charge is -2.23. The Kier molecular flexibility index (Phi) is 4.84. The lowest BCUT2D eigenvalue weighted by molar-refractivity contribution is -0.147. The van der Waals surface area contributed by atoms with Crippen LogP contribution in [0.25, 0.3) is 0 Å². The fraction of sp³-hybridized carbons (Fsp3) is 0.429. The summed E-state index contributed by atoms with van der Waals surface area (Å²) in [5.74, 6) is -0.348. The highest BCUT2D eigenvalue weighted by atomic mass is 35.5. The fourth-order valence-electron chi connectivity index (χ4n) is 2.24. The van der Waals surface area contributed by atoms with Crippen LogP contribution in [0, 0.1) is 0 Å². The van der Waals surface area contributed by atoms with E-state index >= 15 is 0 Å². The van der Waals surface area contributed by atoms with E-state index in [1.165, 1.54) is 4.90 Å². The number of esters is 1. The summed E-state index contributed by atoms with van der Waals surface area (Å²) in [7, 11) is 0. The molecule has 1 aliphatic heterocycles. The maximum atomic E-state index is 12.2. The van der Waals surface area contributed by atoms with Gasteiger partial charge in [-0.3, -0.25) is 0 Å². The van der Waals surface area contributed by atoms with Crippen LogP contribution in [0.1, 0.15) is 19.8 Å². The van der Waals surface area contributed by atoms with Gasteiger partial charge in [0.2, 0.25) is 0 Å². The molecule has 1 aliphatic rings. The van der Waals surface area contributed by atoms with Crippen molar-refractivity contribution in [1.82, 2.24) is 4.90 Å². The molecule has 0 saturated carbocycles. The number of benzene rings is 1. The molecule has 2 rings (SSSR count). The number of nitrogens with one attached hydrogen (secondary N) is 1. The van der Waals surface area contributed by atoms with E-state index in [1.807, 2.05) is 0 Å². The van der Waals surface area contributed by atoms with Crippen molar-refractivity contribution in [1.29, 1.82) is 0 Å². The van der Waals surface area contributed by atoms with Crippen molar-refractivity contribution in [3.8, 4) is 0 Å². The van der Waals surface area contributed by atoms with E-state index in [1.54, 1.807) is 31.2 Å². The second-order valence-corrected chi connectivity index (χ2v) is 4.92. The SMILES string of the molecule is CCOC(=O)C1CCCN1C(=O)Nc1ccccc1Cl. The summed E-state index contributed by atoms with van der Waals surface area (Å²) in [5.41, 5.74) is 0.536. The molecule has 0 bridgehead atoms. The Hall–Kier alpha value is -1.75. The van der Waals surface area contributed by atoms with Gasteiger partial charge in [0.05, 0.1) is 17.3 Å². The molecule has 0 aliphatic carbocycles. The number of carbonyl (C=O) groups excluding carboxylic acids is 2. The monoisotopic (exact) mass is 296 g/mol. The van der Waals surface area contributed by atoms with Gasteiger partial charge in [-0.15, -0.1) is 0 Å². The van der Waals surface area contributed by atoms with Crippen LogP contribution in [-0.4, -0.2) is 36.1 Å². The van der Waals surface area contributed by atoms with Crippen LogP contribution in [0.15, 0.2) is 24.3 Å². The Labute approximate surface area is 122 Å². The number of ether oxygens (including phenoxy) is 1. The molecule has 1 heterocycles. The van der Waals surface area contributed by atoms with E-state index in [0.717, 1.165) is 6.42 Å². The van der Waals surface area contributed by atoms with E-state index in [0.29, 0.717) is 30.3 Å². The standard InChI is InChI=1S/C14H17ClN2O3/c1-2-20-13(18)12-8-5-9-17(12)14(19)16-11-7-4-3-6-10(11)15/h3-4,6-7,12H,2,5,8-9H2,1H3,(H,16,19). The number of anilines is 1. The van der Waals surface area contributed by atoms with E-state index in [4.69, 9.17) is 16.3 Å². The minimum absolute atomic E-state index is 0.315. The van der Waals surface area contributed by atoms with Crippen LogP contribution in [0.5, 0.6) is 0 Å². The van der Waals surface area contributed by atoms with Gasteiger partial charge in [-0.25, -0.2) is 9.59 Å². The van der Waals surface area contributed by atoms with Gasteiger partial charge in [-0.05, 0) is 31.9 Å². The van der Waals surface area contributed by atoms with Gasteiger partial charge in [0.25, 0.3) is 0 Å². The molecule has 5 nitrogen and oxygen atoms in total. The summed E-state index contributed by atoms with van der Waals surface area (Å²) in [6, 6.07) is 6.16. The number of hydrogen-bond acceptors (Lipinski definition) is 3. The predicted molar refractivity (Wildman–Crippen MR) is 76.8 cm³/mol. The Balaban J connectivity index is 2.05. The van der Waals surface area contributed by atoms with Crippen LogP contribution >= 0.6 is 11.6 Å². The van der Waals surface area contributed by atoms with Gasteiger partial charge in [0, 0.05) is 6.54 Å². The van der Waals surface area contributed by atoms with Gasteiger partial charge in [-0.2, -0.15) is 0 Å². The highest BCUT2D eigenvalue weighted by Gasteiger charge is 2.35. The van der Waals surface area contributed by atoms with Crippen molar-refractivity contribution in [3.63, 3.8) is 0 Å². The zero-order chi connectivity index (χ0) is 14.5. The van der Waals surface area contributed by atoms with Gasteiger partial charge >= 0.3 is 12.0 Å². The van der Waals surface area contributed by atoms with Crippen LogP contribution in [0.3, 0.4) is 0 Å². The predicted octanol–water partition coefficient (Wildman–Crippen LogP) is 2.90. The molecule has 1 unspecified atom stereocenters. The molecule has 1 aromatic rings. The third-order valence-corrected chi connectivity index (χ3v) is 3.52. The number of halogens is 1. The van der Waals surface area contributed by atoms with Crippen molar-refractivity contribution in [2.45, 2.75) is 25.8 Å². The highest BCUT2D eigenvalue weighted by Crippen LogP contribution is 2.23. The molecular formula is C14H17ClN2O3. The Bertz CT molecular complexity index is 507. The van der Waals surface area contributed by atoms with Crippen molar-refractivity contribution in [2.24, 2.45) is 0 Å². The molecule has 0 radical (unpaired) electrons. The molecule has 1 saturated heterocycles. The molecule has 1 fully saturated rings. The number of rotatable bonds is 3. The normalized spacial score (nSPS) is 17.9. The molecule has 1 N–H and O–H groups in total. The summed E-state index contributed by atoms with van der Waals surface area (Å²) in [5, 5.41) is 3.19. The first kappa shape index (κ1) is 14.7. The van der Waals surface area contributed by atoms with Crippen molar-refractivity contribution in [3.05, 3.63) is 29.3 Å². The van der Waals surface area contributed by atoms with E-state index in [9.17, 15) is 9.59 Å². The average molecular weight is 297 g/mol. The van der Waals surface area contributed by atoms with Gasteiger partial charge < -0.3 is 15.0 Å². The minimum atomic E-state index is -0.502. The van der Waals surface area contributed by atoms with Crippen LogP contribution in [0.2, 0.25) is 5.02 Å². The number of hydrogen-bond donors (Lipinski definition) is 1. The Morgan fingerprint density at radius 3 is 2.90 bits per heavy atom.